The van der Waals surface area contributed by atoms with Gasteiger partial charge in [0, 0.05) is 5.92 Å². The molecule has 0 saturated heterocycles. The van der Waals surface area contributed by atoms with Crippen molar-refractivity contribution in [2.24, 2.45) is 0 Å². The molecule has 32 heavy (non-hydrogen) atoms. The topological polar surface area (TPSA) is 102 Å². The van der Waals surface area contributed by atoms with E-state index in [-0.39, 0.29) is 23.8 Å². The van der Waals surface area contributed by atoms with Gasteiger partial charge >= 0.3 is 5.97 Å². The van der Waals surface area contributed by atoms with Crippen LogP contribution in [-0.4, -0.2) is 27.6 Å². The molecule has 0 aliphatic heterocycles. The van der Waals surface area contributed by atoms with Crippen LogP contribution < -0.4 is 10.1 Å². The smallest absolute Gasteiger partial charge is 0.347 e. The van der Waals surface area contributed by atoms with E-state index in [0.717, 1.165) is 0 Å². The summed E-state index contributed by atoms with van der Waals surface area (Å²) in [7, 11) is 0. The minimum absolute atomic E-state index is 0.0395. The van der Waals surface area contributed by atoms with E-state index >= 15 is 0 Å². The number of carbonyl (C=O) groups excluding carboxylic acids is 1. The molecule has 0 aliphatic rings. The summed E-state index contributed by atoms with van der Waals surface area (Å²) in [5.74, 6) is -0.300. The lowest BCUT2D eigenvalue weighted by molar-refractivity contribution is -0.152. The molecule has 0 atom stereocenters. The Morgan fingerprint density at radius 1 is 1.16 bits per heavy atom. The summed E-state index contributed by atoms with van der Waals surface area (Å²) < 4.78 is 11.6. The molecule has 2 aromatic carbocycles. The Hall–Kier alpha value is -3.32. The van der Waals surface area contributed by atoms with Crippen molar-refractivity contribution in [1.29, 1.82) is 0 Å². The third-order valence-electron chi connectivity index (χ3n) is 4.78. The maximum Gasteiger partial charge on any atom is 0.347 e. The van der Waals surface area contributed by atoms with Crippen molar-refractivity contribution in [2.75, 3.05) is 0 Å². The molecule has 0 radical (unpaired) electrons. The highest BCUT2D eigenvalue weighted by Crippen LogP contribution is 2.31. The minimum atomic E-state index is -1.49. The number of carbonyl (C=O) groups is 2. The van der Waals surface area contributed by atoms with E-state index in [1.54, 1.807) is 30.3 Å². The van der Waals surface area contributed by atoms with Gasteiger partial charge in [0.1, 0.15) is 17.2 Å². The molecule has 0 bridgehead atoms. The Labute approximate surface area is 191 Å². The highest BCUT2D eigenvalue weighted by atomic mass is 35.5. The fourth-order valence-corrected chi connectivity index (χ4v) is 3.23. The lowest BCUT2D eigenvalue weighted by atomic mass is 10.1. The molecule has 0 saturated carbocycles. The number of hydrogen-bond donors (Lipinski definition) is 2. The molecular formula is C24H25ClN2O5. The van der Waals surface area contributed by atoms with Crippen molar-refractivity contribution in [2.45, 2.75) is 45.8 Å². The van der Waals surface area contributed by atoms with E-state index < -0.39 is 17.5 Å². The number of carboxylic acids is 1. The van der Waals surface area contributed by atoms with E-state index in [1.807, 2.05) is 32.0 Å². The van der Waals surface area contributed by atoms with Crippen LogP contribution in [-0.2, 0) is 11.3 Å². The van der Waals surface area contributed by atoms with Crippen LogP contribution in [0.3, 0.4) is 0 Å². The number of ether oxygens (including phenoxy) is 1. The number of aliphatic carboxylic acids is 1. The number of halogens is 1. The van der Waals surface area contributed by atoms with Gasteiger partial charge in [-0.2, -0.15) is 0 Å². The quantitative estimate of drug-likeness (QED) is 0.477. The number of benzene rings is 2. The lowest BCUT2D eigenvalue weighted by Gasteiger charge is -2.23. The van der Waals surface area contributed by atoms with Gasteiger partial charge in [-0.05, 0) is 38.1 Å². The van der Waals surface area contributed by atoms with E-state index in [0.29, 0.717) is 27.9 Å². The highest BCUT2D eigenvalue weighted by molar-refractivity contribution is 6.33. The first-order chi connectivity index (χ1) is 15.1. The van der Waals surface area contributed by atoms with Crippen molar-refractivity contribution < 1.29 is 23.8 Å². The molecule has 7 nitrogen and oxygen atoms in total. The van der Waals surface area contributed by atoms with Crippen LogP contribution in [0.25, 0.3) is 11.5 Å². The van der Waals surface area contributed by atoms with Gasteiger partial charge < -0.3 is 19.6 Å². The Morgan fingerprint density at radius 3 is 2.47 bits per heavy atom. The molecule has 1 aromatic heterocycles. The first kappa shape index (κ1) is 23.3. The Balaban J connectivity index is 1.83. The summed E-state index contributed by atoms with van der Waals surface area (Å²) in [5.41, 5.74) is -0.00414. The molecule has 1 heterocycles. The first-order valence-electron chi connectivity index (χ1n) is 10.1. The number of aromatic nitrogens is 1. The van der Waals surface area contributed by atoms with E-state index in [1.165, 1.54) is 13.8 Å². The van der Waals surface area contributed by atoms with E-state index in [4.69, 9.17) is 20.8 Å². The standard InChI is InChI=1S/C24H25ClN2O5/c1-14(2)20-18(27-22(31-20)15-9-5-7-11-17(15)25)13-26-21(28)16-10-6-8-12-19(16)32-24(3,4)23(29)30/h5-12,14H,13H2,1-4H3,(H,26,28)(H,29,30). The maximum atomic E-state index is 12.9. The summed E-state index contributed by atoms with van der Waals surface area (Å²) in [5, 5.41) is 12.7. The van der Waals surface area contributed by atoms with Crippen LogP contribution in [0.1, 0.15) is 55.4 Å². The molecule has 0 fully saturated rings. The van der Waals surface area contributed by atoms with Gasteiger partial charge in [-0.1, -0.05) is 49.7 Å². The van der Waals surface area contributed by atoms with Crippen LogP contribution in [0.4, 0.5) is 0 Å². The van der Waals surface area contributed by atoms with Crippen LogP contribution in [0.15, 0.2) is 52.9 Å². The lowest BCUT2D eigenvalue weighted by Crippen LogP contribution is -2.38. The zero-order valence-electron chi connectivity index (χ0n) is 18.3. The van der Waals surface area contributed by atoms with Crippen molar-refractivity contribution >= 4 is 23.5 Å². The van der Waals surface area contributed by atoms with Gasteiger partial charge in [0.25, 0.3) is 5.91 Å². The summed E-state index contributed by atoms with van der Waals surface area (Å²) in [6, 6.07) is 13.7. The normalized spacial score (nSPS) is 11.4. The van der Waals surface area contributed by atoms with Gasteiger partial charge in [0.05, 0.1) is 22.7 Å². The van der Waals surface area contributed by atoms with Gasteiger partial charge in [-0.3, -0.25) is 4.79 Å². The second-order valence-corrected chi connectivity index (χ2v) is 8.47. The van der Waals surface area contributed by atoms with Crippen molar-refractivity contribution in [3.05, 3.63) is 70.6 Å². The van der Waals surface area contributed by atoms with Gasteiger partial charge in [-0.15, -0.1) is 0 Å². The molecule has 0 aliphatic carbocycles. The number of nitrogens with one attached hydrogen (secondary N) is 1. The monoisotopic (exact) mass is 456 g/mol. The summed E-state index contributed by atoms with van der Waals surface area (Å²) in [6.45, 7) is 6.91. The van der Waals surface area contributed by atoms with Crippen molar-refractivity contribution in [3.8, 4) is 17.2 Å². The fourth-order valence-electron chi connectivity index (χ4n) is 3.01. The number of amides is 1. The second kappa shape index (κ2) is 9.44. The summed E-state index contributed by atoms with van der Waals surface area (Å²) in [4.78, 5) is 28.9. The second-order valence-electron chi connectivity index (χ2n) is 8.06. The highest BCUT2D eigenvalue weighted by Gasteiger charge is 2.31. The number of hydrogen-bond acceptors (Lipinski definition) is 5. The summed E-state index contributed by atoms with van der Waals surface area (Å²) in [6.07, 6.45) is 0. The molecule has 8 heteroatoms. The van der Waals surface area contributed by atoms with Gasteiger partial charge in [0.15, 0.2) is 5.60 Å². The Morgan fingerprint density at radius 2 is 1.81 bits per heavy atom. The van der Waals surface area contributed by atoms with Gasteiger partial charge in [0.2, 0.25) is 5.89 Å². The number of para-hydroxylation sites is 1. The Kier molecular flexibility index (Phi) is 6.89. The number of rotatable bonds is 8. The number of carboxylic acid groups (broad SMARTS) is 1. The average Bonchev–Trinajstić information content (AvgIpc) is 3.17. The third kappa shape index (κ3) is 5.11. The minimum Gasteiger partial charge on any atom is -0.478 e. The maximum absolute atomic E-state index is 12.9. The predicted octanol–water partition coefficient (Wildman–Crippen LogP) is 5.29. The largest absolute Gasteiger partial charge is 0.478 e. The van der Waals surface area contributed by atoms with Crippen LogP contribution in [0, 0.1) is 0 Å². The SMILES string of the molecule is CC(C)c1oc(-c2ccccc2Cl)nc1CNC(=O)c1ccccc1OC(C)(C)C(=O)O. The molecule has 2 N–H and O–H groups in total. The fraction of sp³-hybridized carbons (Fsp3) is 0.292. The molecule has 168 valence electrons. The van der Waals surface area contributed by atoms with Crippen LogP contribution >= 0.6 is 11.6 Å². The number of nitrogens with zero attached hydrogens (tertiary/aromatic N) is 1. The molecule has 3 rings (SSSR count). The molecular weight excluding hydrogens is 432 g/mol. The van der Waals surface area contributed by atoms with Crippen molar-refractivity contribution in [3.63, 3.8) is 0 Å². The van der Waals surface area contributed by atoms with E-state index in [2.05, 4.69) is 10.3 Å². The third-order valence-corrected chi connectivity index (χ3v) is 5.11. The zero-order valence-corrected chi connectivity index (χ0v) is 19.1. The average molecular weight is 457 g/mol. The van der Waals surface area contributed by atoms with Gasteiger partial charge in [-0.25, -0.2) is 9.78 Å². The predicted molar refractivity (Wildman–Crippen MR) is 121 cm³/mol. The van der Waals surface area contributed by atoms with E-state index in [9.17, 15) is 14.7 Å². The molecule has 1 amide bonds. The first-order valence-corrected chi connectivity index (χ1v) is 10.5. The van der Waals surface area contributed by atoms with Crippen LogP contribution in [0.5, 0.6) is 5.75 Å². The van der Waals surface area contributed by atoms with Crippen LogP contribution in [0.2, 0.25) is 5.02 Å². The Bertz CT molecular complexity index is 1140. The van der Waals surface area contributed by atoms with Crippen molar-refractivity contribution in [1.82, 2.24) is 10.3 Å². The molecule has 3 aromatic rings. The zero-order chi connectivity index (χ0) is 23.5. The number of oxazole rings is 1. The summed E-state index contributed by atoms with van der Waals surface area (Å²) >= 11 is 6.27. The molecule has 0 spiro atoms. The molecule has 0 unspecified atom stereocenters.